The van der Waals surface area contributed by atoms with E-state index < -0.39 is 23.8 Å². The van der Waals surface area contributed by atoms with Crippen LogP contribution in [0.2, 0.25) is 0 Å². The maximum atomic E-state index is 11.4. The molecular formula is C11H19N3O5. The molecular weight excluding hydrogens is 254 g/mol. The van der Waals surface area contributed by atoms with Gasteiger partial charge in [-0.1, -0.05) is 13.8 Å². The average Bonchev–Trinajstić information content (AvgIpc) is 2.29. The van der Waals surface area contributed by atoms with Crippen LogP contribution in [0.3, 0.4) is 0 Å². The summed E-state index contributed by atoms with van der Waals surface area (Å²) < 4.78 is 0. The highest BCUT2D eigenvalue weighted by atomic mass is 16.4. The van der Waals surface area contributed by atoms with Gasteiger partial charge in [0.25, 0.3) is 0 Å². The lowest BCUT2D eigenvalue weighted by Crippen LogP contribution is -2.48. The first-order valence-corrected chi connectivity index (χ1v) is 5.77. The van der Waals surface area contributed by atoms with Crippen molar-refractivity contribution in [1.82, 2.24) is 16.0 Å². The Hall–Kier alpha value is -2.12. The van der Waals surface area contributed by atoms with Gasteiger partial charge in [0.1, 0.15) is 6.04 Å². The molecule has 0 rings (SSSR count). The molecule has 0 aromatic heterocycles. The van der Waals surface area contributed by atoms with E-state index >= 15 is 0 Å². The summed E-state index contributed by atoms with van der Waals surface area (Å²) in [6.07, 6.45) is 0. The molecule has 0 radical (unpaired) electrons. The fourth-order valence-corrected chi connectivity index (χ4v) is 1.18. The van der Waals surface area contributed by atoms with Gasteiger partial charge >= 0.3 is 5.97 Å². The number of amides is 3. The minimum absolute atomic E-state index is 0.227. The molecule has 8 heteroatoms. The third kappa shape index (κ3) is 7.74. The second-order valence-electron chi connectivity index (χ2n) is 4.31. The summed E-state index contributed by atoms with van der Waals surface area (Å²) >= 11 is 0. The van der Waals surface area contributed by atoms with Crippen LogP contribution in [-0.4, -0.2) is 47.9 Å². The molecule has 0 heterocycles. The number of hydrogen-bond donors (Lipinski definition) is 4. The van der Waals surface area contributed by atoms with E-state index in [0.29, 0.717) is 0 Å². The predicted octanol–water partition coefficient (Wildman–Crippen LogP) is -1.54. The van der Waals surface area contributed by atoms with Crippen molar-refractivity contribution in [1.29, 1.82) is 0 Å². The molecule has 0 aromatic rings. The number of carboxylic acid groups (broad SMARTS) is 1. The van der Waals surface area contributed by atoms with E-state index in [2.05, 4.69) is 16.0 Å². The summed E-state index contributed by atoms with van der Waals surface area (Å²) in [4.78, 5) is 44.0. The van der Waals surface area contributed by atoms with E-state index in [9.17, 15) is 19.2 Å². The first-order chi connectivity index (χ1) is 8.73. The lowest BCUT2D eigenvalue weighted by Gasteiger charge is -2.17. The van der Waals surface area contributed by atoms with Gasteiger partial charge in [-0.25, -0.2) is 4.79 Å². The Morgan fingerprint density at radius 1 is 1.00 bits per heavy atom. The summed E-state index contributed by atoms with van der Waals surface area (Å²) in [5, 5.41) is 15.7. The van der Waals surface area contributed by atoms with Crippen molar-refractivity contribution >= 4 is 23.7 Å². The van der Waals surface area contributed by atoms with Crippen molar-refractivity contribution in [3.05, 3.63) is 0 Å². The summed E-state index contributed by atoms with van der Waals surface area (Å²) in [6, 6.07) is -1.00. The van der Waals surface area contributed by atoms with Gasteiger partial charge in [-0.15, -0.1) is 0 Å². The largest absolute Gasteiger partial charge is 0.480 e. The number of hydrogen-bond acceptors (Lipinski definition) is 4. The van der Waals surface area contributed by atoms with Crippen LogP contribution in [0, 0.1) is 5.92 Å². The van der Waals surface area contributed by atoms with Crippen molar-refractivity contribution in [2.45, 2.75) is 26.8 Å². The molecule has 0 aliphatic heterocycles. The molecule has 0 spiro atoms. The van der Waals surface area contributed by atoms with Gasteiger partial charge in [-0.05, 0) is 5.92 Å². The maximum Gasteiger partial charge on any atom is 0.326 e. The van der Waals surface area contributed by atoms with Gasteiger partial charge < -0.3 is 21.1 Å². The number of carbonyl (C=O) groups excluding carboxylic acids is 3. The van der Waals surface area contributed by atoms with Crippen LogP contribution in [0.5, 0.6) is 0 Å². The Bertz CT molecular complexity index is 367. The van der Waals surface area contributed by atoms with Gasteiger partial charge in [0.2, 0.25) is 17.7 Å². The van der Waals surface area contributed by atoms with Crippen LogP contribution in [0.1, 0.15) is 20.8 Å². The highest BCUT2D eigenvalue weighted by molar-refractivity contribution is 5.89. The highest BCUT2D eigenvalue weighted by Crippen LogP contribution is 2.00. The topological polar surface area (TPSA) is 125 Å². The van der Waals surface area contributed by atoms with Crippen LogP contribution in [0.25, 0.3) is 0 Å². The van der Waals surface area contributed by atoms with Crippen LogP contribution < -0.4 is 16.0 Å². The van der Waals surface area contributed by atoms with Crippen molar-refractivity contribution < 1.29 is 24.3 Å². The van der Waals surface area contributed by atoms with Crippen molar-refractivity contribution in [2.75, 3.05) is 13.1 Å². The molecule has 8 nitrogen and oxygen atoms in total. The van der Waals surface area contributed by atoms with Gasteiger partial charge in [0, 0.05) is 6.92 Å². The molecule has 0 unspecified atom stereocenters. The van der Waals surface area contributed by atoms with E-state index in [4.69, 9.17) is 5.11 Å². The molecule has 0 bridgehead atoms. The molecule has 108 valence electrons. The van der Waals surface area contributed by atoms with Gasteiger partial charge in [-0.2, -0.15) is 0 Å². The second-order valence-corrected chi connectivity index (χ2v) is 4.31. The zero-order valence-electron chi connectivity index (χ0n) is 11.1. The minimum Gasteiger partial charge on any atom is -0.480 e. The van der Waals surface area contributed by atoms with E-state index in [1.165, 1.54) is 6.92 Å². The summed E-state index contributed by atoms with van der Waals surface area (Å²) in [7, 11) is 0. The highest BCUT2D eigenvalue weighted by Gasteiger charge is 2.23. The van der Waals surface area contributed by atoms with Crippen molar-refractivity contribution in [3.8, 4) is 0 Å². The fraction of sp³-hybridized carbons (Fsp3) is 0.636. The van der Waals surface area contributed by atoms with Crippen LogP contribution in [0.4, 0.5) is 0 Å². The number of carbonyl (C=O) groups is 4. The summed E-state index contributed by atoms with van der Waals surface area (Å²) in [5.74, 6) is -2.88. The lowest BCUT2D eigenvalue weighted by molar-refractivity contribution is -0.143. The van der Waals surface area contributed by atoms with Crippen molar-refractivity contribution in [2.24, 2.45) is 5.92 Å². The van der Waals surface area contributed by atoms with E-state index in [-0.39, 0.29) is 24.9 Å². The Kier molecular flexibility index (Phi) is 7.16. The van der Waals surface area contributed by atoms with Crippen LogP contribution >= 0.6 is 0 Å². The first kappa shape index (κ1) is 16.9. The van der Waals surface area contributed by atoms with E-state index in [0.717, 1.165) is 0 Å². The normalized spacial score (nSPS) is 11.6. The average molecular weight is 273 g/mol. The molecule has 0 saturated heterocycles. The summed E-state index contributed by atoms with van der Waals surface area (Å²) in [5.41, 5.74) is 0. The third-order valence-corrected chi connectivity index (χ3v) is 2.19. The second kappa shape index (κ2) is 8.06. The van der Waals surface area contributed by atoms with Crippen molar-refractivity contribution in [3.63, 3.8) is 0 Å². The Balaban J connectivity index is 4.07. The molecule has 0 aliphatic carbocycles. The van der Waals surface area contributed by atoms with Gasteiger partial charge in [0.15, 0.2) is 0 Å². The molecule has 0 fully saturated rings. The molecule has 1 atom stereocenters. The Morgan fingerprint density at radius 2 is 1.53 bits per heavy atom. The van der Waals surface area contributed by atoms with Gasteiger partial charge in [0.05, 0.1) is 13.1 Å². The Morgan fingerprint density at radius 3 is 1.95 bits per heavy atom. The Labute approximate surface area is 110 Å². The zero-order valence-corrected chi connectivity index (χ0v) is 11.1. The van der Waals surface area contributed by atoms with Crippen LogP contribution in [0.15, 0.2) is 0 Å². The number of carboxylic acids is 1. The predicted molar refractivity (Wildman–Crippen MR) is 66.1 cm³/mol. The van der Waals surface area contributed by atoms with E-state index in [1.807, 2.05) is 0 Å². The fourth-order valence-electron chi connectivity index (χ4n) is 1.18. The standard InChI is InChI=1S/C11H19N3O5/c1-6(2)10(11(18)19)14-9(17)5-13-8(16)4-12-7(3)15/h6,10H,4-5H2,1-3H3,(H,12,15)(H,13,16)(H,14,17)(H,18,19)/t10-/m0/s1. The third-order valence-electron chi connectivity index (χ3n) is 2.19. The van der Waals surface area contributed by atoms with Crippen LogP contribution in [-0.2, 0) is 19.2 Å². The maximum absolute atomic E-state index is 11.4. The lowest BCUT2D eigenvalue weighted by atomic mass is 10.1. The number of rotatable bonds is 7. The monoisotopic (exact) mass is 273 g/mol. The molecule has 0 aromatic carbocycles. The number of nitrogens with one attached hydrogen (secondary N) is 3. The first-order valence-electron chi connectivity index (χ1n) is 5.77. The smallest absolute Gasteiger partial charge is 0.326 e. The molecule has 19 heavy (non-hydrogen) atoms. The number of aliphatic carboxylic acids is 1. The molecule has 0 aliphatic rings. The molecule has 3 amide bonds. The van der Waals surface area contributed by atoms with Gasteiger partial charge in [-0.3, -0.25) is 14.4 Å². The quantitative estimate of drug-likeness (QED) is 0.447. The minimum atomic E-state index is -1.13. The molecule has 0 saturated carbocycles. The SMILES string of the molecule is CC(=O)NCC(=O)NCC(=O)N[C@H](C(=O)O)C(C)C. The molecule has 4 N–H and O–H groups in total. The summed E-state index contributed by atoms with van der Waals surface area (Å²) in [6.45, 7) is 4.02. The van der Waals surface area contributed by atoms with E-state index in [1.54, 1.807) is 13.8 Å². The zero-order chi connectivity index (χ0) is 15.0.